The smallest absolute Gasteiger partial charge is 0.269 e. The highest BCUT2D eigenvalue weighted by Crippen LogP contribution is 2.31. The standard InChI is InChI=1S/C17H19N3O3/c1-17(2,3)16-18-8-11(9-19-16)20-15(21)14-10-22-12-6-4-5-7-13(12)23-14/h4-9,14H,10H2,1-3H3,(H,20,21). The summed E-state index contributed by atoms with van der Waals surface area (Å²) in [5.74, 6) is 1.65. The van der Waals surface area contributed by atoms with Crippen LogP contribution in [0.2, 0.25) is 0 Å². The van der Waals surface area contributed by atoms with Crippen LogP contribution in [0.3, 0.4) is 0 Å². The number of anilines is 1. The number of rotatable bonds is 2. The summed E-state index contributed by atoms with van der Waals surface area (Å²) in [7, 11) is 0. The molecule has 0 saturated carbocycles. The molecule has 2 heterocycles. The van der Waals surface area contributed by atoms with E-state index in [1.807, 2.05) is 39.0 Å². The maximum absolute atomic E-state index is 12.3. The van der Waals surface area contributed by atoms with Gasteiger partial charge in [0.15, 0.2) is 11.5 Å². The number of hydrogen-bond acceptors (Lipinski definition) is 5. The maximum Gasteiger partial charge on any atom is 0.269 e. The SMILES string of the molecule is CC(C)(C)c1ncc(NC(=O)C2COc3ccccc3O2)cn1. The Bertz CT molecular complexity index is 708. The molecule has 0 saturated heterocycles. The fraction of sp³-hybridized carbons (Fsp3) is 0.353. The number of carbonyl (C=O) groups is 1. The predicted molar refractivity (Wildman–Crippen MR) is 85.7 cm³/mol. The number of hydrogen-bond donors (Lipinski definition) is 1. The van der Waals surface area contributed by atoms with Crippen LogP contribution in [0.4, 0.5) is 5.69 Å². The van der Waals surface area contributed by atoms with E-state index in [0.717, 1.165) is 5.82 Å². The molecule has 1 amide bonds. The van der Waals surface area contributed by atoms with E-state index in [9.17, 15) is 4.79 Å². The number of nitrogens with one attached hydrogen (secondary N) is 1. The zero-order valence-corrected chi connectivity index (χ0v) is 13.4. The molecule has 2 aromatic rings. The molecule has 0 spiro atoms. The van der Waals surface area contributed by atoms with Crippen LogP contribution in [0.15, 0.2) is 36.7 Å². The highest BCUT2D eigenvalue weighted by molar-refractivity contribution is 5.94. The van der Waals surface area contributed by atoms with Gasteiger partial charge < -0.3 is 14.8 Å². The van der Waals surface area contributed by atoms with E-state index >= 15 is 0 Å². The van der Waals surface area contributed by atoms with E-state index in [1.54, 1.807) is 18.5 Å². The fourth-order valence-electron chi connectivity index (χ4n) is 2.15. The van der Waals surface area contributed by atoms with Gasteiger partial charge in [-0.15, -0.1) is 0 Å². The third-order valence-corrected chi connectivity index (χ3v) is 3.39. The van der Waals surface area contributed by atoms with Gasteiger partial charge in [-0.1, -0.05) is 32.9 Å². The van der Waals surface area contributed by atoms with Crippen molar-refractivity contribution in [3.8, 4) is 11.5 Å². The highest BCUT2D eigenvalue weighted by atomic mass is 16.6. The lowest BCUT2D eigenvalue weighted by Crippen LogP contribution is -2.40. The molecule has 120 valence electrons. The molecule has 0 aliphatic carbocycles. The third-order valence-electron chi connectivity index (χ3n) is 3.39. The summed E-state index contributed by atoms with van der Waals surface area (Å²) < 4.78 is 11.2. The number of ether oxygens (including phenoxy) is 2. The minimum atomic E-state index is -0.702. The molecular weight excluding hydrogens is 294 g/mol. The largest absolute Gasteiger partial charge is 0.485 e. The molecule has 3 rings (SSSR count). The van der Waals surface area contributed by atoms with Crippen LogP contribution in [0.5, 0.6) is 11.5 Å². The van der Waals surface area contributed by atoms with Crippen LogP contribution in [0.25, 0.3) is 0 Å². The second-order valence-corrected chi connectivity index (χ2v) is 6.40. The lowest BCUT2D eigenvalue weighted by molar-refractivity contribution is -0.125. The first-order valence-corrected chi connectivity index (χ1v) is 7.45. The van der Waals surface area contributed by atoms with Crippen molar-refractivity contribution in [2.24, 2.45) is 0 Å². The summed E-state index contributed by atoms with van der Waals surface area (Å²) in [4.78, 5) is 20.9. The molecule has 6 nitrogen and oxygen atoms in total. The molecule has 1 aliphatic heterocycles. The molecule has 1 aromatic heterocycles. The van der Waals surface area contributed by atoms with Gasteiger partial charge in [-0.3, -0.25) is 4.79 Å². The normalized spacial score (nSPS) is 16.7. The molecule has 1 aromatic carbocycles. The lowest BCUT2D eigenvalue weighted by atomic mass is 9.96. The van der Waals surface area contributed by atoms with Crippen LogP contribution < -0.4 is 14.8 Å². The monoisotopic (exact) mass is 313 g/mol. The molecule has 1 N–H and O–H groups in total. The molecule has 1 unspecified atom stereocenters. The van der Waals surface area contributed by atoms with Gasteiger partial charge in [0.1, 0.15) is 12.4 Å². The number of benzene rings is 1. The van der Waals surface area contributed by atoms with Crippen molar-refractivity contribution < 1.29 is 14.3 Å². The van der Waals surface area contributed by atoms with Crippen molar-refractivity contribution in [3.05, 3.63) is 42.5 Å². The number of para-hydroxylation sites is 2. The molecule has 1 aliphatic rings. The Hall–Kier alpha value is -2.63. The second kappa shape index (κ2) is 5.87. The van der Waals surface area contributed by atoms with E-state index in [1.165, 1.54) is 0 Å². The van der Waals surface area contributed by atoms with E-state index in [0.29, 0.717) is 17.2 Å². The number of aromatic nitrogens is 2. The van der Waals surface area contributed by atoms with Gasteiger partial charge in [0.25, 0.3) is 5.91 Å². The lowest BCUT2D eigenvalue weighted by Gasteiger charge is -2.25. The molecule has 0 radical (unpaired) electrons. The van der Waals surface area contributed by atoms with Gasteiger partial charge in [-0.05, 0) is 12.1 Å². The van der Waals surface area contributed by atoms with E-state index in [-0.39, 0.29) is 17.9 Å². The van der Waals surface area contributed by atoms with Gasteiger partial charge in [0, 0.05) is 5.41 Å². The van der Waals surface area contributed by atoms with Crippen molar-refractivity contribution in [2.45, 2.75) is 32.3 Å². The number of nitrogens with zero attached hydrogens (tertiary/aromatic N) is 2. The second-order valence-electron chi connectivity index (χ2n) is 6.40. The van der Waals surface area contributed by atoms with Crippen molar-refractivity contribution in [1.82, 2.24) is 9.97 Å². The van der Waals surface area contributed by atoms with E-state index in [4.69, 9.17) is 9.47 Å². The Balaban J connectivity index is 1.66. The van der Waals surface area contributed by atoms with Crippen molar-refractivity contribution in [1.29, 1.82) is 0 Å². The third kappa shape index (κ3) is 3.41. The molecule has 23 heavy (non-hydrogen) atoms. The van der Waals surface area contributed by atoms with Crippen molar-refractivity contribution in [2.75, 3.05) is 11.9 Å². The summed E-state index contributed by atoms with van der Waals surface area (Å²) in [5, 5.41) is 2.75. The van der Waals surface area contributed by atoms with Gasteiger partial charge in [0.05, 0.1) is 18.1 Å². The molecule has 0 fully saturated rings. The summed E-state index contributed by atoms with van der Waals surface area (Å²) in [6.45, 7) is 6.27. The topological polar surface area (TPSA) is 73.3 Å². The number of fused-ring (bicyclic) bond motifs is 1. The molecule has 6 heteroatoms. The summed E-state index contributed by atoms with van der Waals surface area (Å²) >= 11 is 0. The average molecular weight is 313 g/mol. The first kappa shape index (κ1) is 15.3. The Kier molecular flexibility index (Phi) is 3.90. The first-order valence-electron chi connectivity index (χ1n) is 7.45. The highest BCUT2D eigenvalue weighted by Gasteiger charge is 2.27. The van der Waals surface area contributed by atoms with Crippen molar-refractivity contribution >= 4 is 11.6 Å². The van der Waals surface area contributed by atoms with Crippen LogP contribution in [-0.2, 0) is 10.2 Å². The first-order chi connectivity index (χ1) is 10.9. The average Bonchev–Trinajstić information content (AvgIpc) is 2.54. The van der Waals surface area contributed by atoms with Crippen LogP contribution in [-0.4, -0.2) is 28.6 Å². The van der Waals surface area contributed by atoms with Crippen LogP contribution in [0.1, 0.15) is 26.6 Å². The minimum Gasteiger partial charge on any atom is -0.485 e. The zero-order chi connectivity index (χ0) is 16.4. The van der Waals surface area contributed by atoms with Gasteiger partial charge in [-0.25, -0.2) is 9.97 Å². The zero-order valence-electron chi connectivity index (χ0n) is 13.4. The number of carbonyl (C=O) groups excluding carboxylic acids is 1. The van der Waals surface area contributed by atoms with E-state index < -0.39 is 6.10 Å². The summed E-state index contributed by atoms with van der Waals surface area (Å²) in [6, 6.07) is 7.27. The Morgan fingerprint density at radius 2 is 1.83 bits per heavy atom. The Morgan fingerprint density at radius 3 is 2.48 bits per heavy atom. The van der Waals surface area contributed by atoms with E-state index in [2.05, 4.69) is 15.3 Å². The summed E-state index contributed by atoms with van der Waals surface area (Å²) in [6.07, 6.45) is 2.50. The minimum absolute atomic E-state index is 0.132. The summed E-state index contributed by atoms with van der Waals surface area (Å²) in [5.41, 5.74) is 0.400. The Morgan fingerprint density at radius 1 is 1.17 bits per heavy atom. The van der Waals surface area contributed by atoms with Crippen molar-refractivity contribution in [3.63, 3.8) is 0 Å². The Labute approximate surface area is 134 Å². The maximum atomic E-state index is 12.3. The molecule has 1 atom stereocenters. The van der Waals surface area contributed by atoms with Crippen LogP contribution >= 0.6 is 0 Å². The van der Waals surface area contributed by atoms with Crippen LogP contribution in [0, 0.1) is 0 Å². The fourth-order valence-corrected chi connectivity index (χ4v) is 2.15. The quantitative estimate of drug-likeness (QED) is 0.922. The number of amides is 1. The van der Waals surface area contributed by atoms with Gasteiger partial charge in [-0.2, -0.15) is 0 Å². The predicted octanol–water partition coefficient (Wildman–Crippen LogP) is 2.55. The molecular formula is C17H19N3O3. The van der Waals surface area contributed by atoms with Gasteiger partial charge >= 0.3 is 0 Å². The van der Waals surface area contributed by atoms with Gasteiger partial charge in [0.2, 0.25) is 6.10 Å². The molecule has 0 bridgehead atoms.